The zero-order valence-corrected chi connectivity index (χ0v) is 8.29. The van der Waals surface area contributed by atoms with Gasteiger partial charge in [-0.1, -0.05) is 12.2 Å². The van der Waals surface area contributed by atoms with Crippen molar-refractivity contribution in [2.45, 2.75) is 27.3 Å². The molecule has 0 amide bonds. The Balaban J connectivity index is 2.96. The van der Waals surface area contributed by atoms with Gasteiger partial charge in [-0.25, -0.2) is 4.98 Å². The van der Waals surface area contributed by atoms with Crippen LogP contribution in [-0.2, 0) is 6.54 Å². The molecule has 0 bridgehead atoms. The predicted octanol–water partition coefficient (Wildman–Crippen LogP) is 1.97. The Hall–Kier alpha value is -1.38. The third-order valence-corrected chi connectivity index (χ3v) is 1.78. The van der Waals surface area contributed by atoms with Gasteiger partial charge in [0.05, 0.1) is 0 Å². The van der Waals surface area contributed by atoms with Crippen LogP contribution in [0.15, 0.2) is 18.3 Å². The summed E-state index contributed by atoms with van der Waals surface area (Å²) in [5, 5.41) is 0. The normalized spacial score (nSPS) is 10.1. The van der Waals surface area contributed by atoms with E-state index in [2.05, 4.69) is 11.6 Å². The Kier molecular flexibility index (Phi) is 2.66. The van der Waals surface area contributed by atoms with Crippen LogP contribution < -0.4 is 0 Å². The third-order valence-electron chi connectivity index (χ3n) is 1.78. The largest absolute Gasteiger partial charge is 0.330 e. The number of hydrogen-bond acceptors (Lipinski definition) is 2. The number of imidazole rings is 1. The maximum Gasteiger partial charge on any atom is 0.179 e. The van der Waals surface area contributed by atoms with Crippen LogP contribution in [0.2, 0.25) is 0 Å². The van der Waals surface area contributed by atoms with Crippen LogP contribution in [0.25, 0.3) is 0 Å². The Labute approximate surface area is 78.1 Å². The van der Waals surface area contributed by atoms with E-state index in [0.717, 1.165) is 17.9 Å². The summed E-state index contributed by atoms with van der Waals surface area (Å²) in [5.41, 5.74) is 1.58. The van der Waals surface area contributed by atoms with Gasteiger partial charge in [0.25, 0.3) is 0 Å². The molecule has 3 nitrogen and oxygen atoms in total. The molecule has 0 aliphatic carbocycles. The molecule has 0 fully saturated rings. The van der Waals surface area contributed by atoms with E-state index in [1.807, 2.05) is 18.4 Å². The number of hydrogen-bond donors (Lipinski definition) is 0. The molecule has 0 saturated carbocycles. The van der Waals surface area contributed by atoms with Gasteiger partial charge >= 0.3 is 0 Å². The molecule has 3 heteroatoms. The average Bonchev–Trinajstić information content (AvgIpc) is 2.31. The van der Waals surface area contributed by atoms with Crippen molar-refractivity contribution >= 4 is 5.78 Å². The molecule has 0 saturated heterocycles. The van der Waals surface area contributed by atoms with Crippen molar-refractivity contribution in [3.8, 4) is 0 Å². The number of rotatable bonds is 3. The first-order valence-corrected chi connectivity index (χ1v) is 4.20. The molecule has 0 unspecified atom stereocenters. The van der Waals surface area contributed by atoms with Gasteiger partial charge < -0.3 is 4.57 Å². The Bertz CT molecular complexity index is 350. The second kappa shape index (κ2) is 3.56. The van der Waals surface area contributed by atoms with Crippen molar-refractivity contribution in [2.24, 2.45) is 0 Å². The fourth-order valence-corrected chi connectivity index (χ4v) is 1.13. The van der Waals surface area contributed by atoms with E-state index in [4.69, 9.17) is 0 Å². The van der Waals surface area contributed by atoms with E-state index in [1.54, 1.807) is 6.20 Å². The first-order chi connectivity index (χ1) is 6.00. The minimum Gasteiger partial charge on any atom is -0.330 e. The van der Waals surface area contributed by atoms with Gasteiger partial charge in [-0.15, -0.1) is 0 Å². The lowest BCUT2D eigenvalue weighted by Crippen LogP contribution is -1.99. The van der Waals surface area contributed by atoms with E-state index < -0.39 is 0 Å². The summed E-state index contributed by atoms with van der Waals surface area (Å²) in [4.78, 5) is 15.1. The molecule has 0 spiro atoms. The maximum absolute atomic E-state index is 11.0. The molecule has 1 aromatic rings. The zero-order valence-electron chi connectivity index (χ0n) is 8.29. The molecular formula is C10H14N2O. The Morgan fingerprint density at radius 1 is 1.62 bits per heavy atom. The smallest absolute Gasteiger partial charge is 0.179 e. The molecule has 1 heterocycles. The van der Waals surface area contributed by atoms with E-state index in [-0.39, 0.29) is 5.78 Å². The fourth-order valence-electron chi connectivity index (χ4n) is 1.13. The molecule has 70 valence electrons. The van der Waals surface area contributed by atoms with Crippen molar-refractivity contribution < 1.29 is 4.79 Å². The predicted molar refractivity (Wildman–Crippen MR) is 51.8 cm³/mol. The number of ketones is 1. The standard InChI is InChI=1S/C10H14N2O/c1-7(2)5-12-6-10(8(3)13)11-9(12)4/h6H,1,5H2,2-4H3. The topological polar surface area (TPSA) is 34.9 Å². The van der Waals surface area contributed by atoms with Gasteiger partial charge in [0.15, 0.2) is 5.78 Å². The second-order valence-electron chi connectivity index (χ2n) is 3.31. The summed E-state index contributed by atoms with van der Waals surface area (Å²) in [7, 11) is 0. The molecule has 13 heavy (non-hydrogen) atoms. The molecule has 1 rings (SSSR count). The van der Waals surface area contributed by atoms with Gasteiger partial charge in [-0.05, 0) is 13.8 Å². The first-order valence-electron chi connectivity index (χ1n) is 4.20. The molecule has 0 aliphatic heterocycles. The van der Waals surface area contributed by atoms with Crippen LogP contribution in [0.5, 0.6) is 0 Å². The van der Waals surface area contributed by atoms with Crippen molar-refractivity contribution in [1.29, 1.82) is 0 Å². The maximum atomic E-state index is 11.0. The molecular weight excluding hydrogens is 164 g/mol. The first kappa shape index (κ1) is 9.71. The van der Waals surface area contributed by atoms with Crippen LogP contribution in [0, 0.1) is 6.92 Å². The summed E-state index contributed by atoms with van der Waals surface area (Å²) in [6.45, 7) is 9.90. The lowest BCUT2D eigenvalue weighted by atomic mass is 10.3. The summed E-state index contributed by atoms with van der Waals surface area (Å²) in [6.07, 6.45) is 1.77. The van der Waals surface area contributed by atoms with Crippen LogP contribution in [0.4, 0.5) is 0 Å². The van der Waals surface area contributed by atoms with Crippen LogP contribution in [0.1, 0.15) is 30.2 Å². The Morgan fingerprint density at radius 3 is 2.62 bits per heavy atom. The lowest BCUT2D eigenvalue weighted by molar-refractivity contribution is 0.101. The van der Waals surface area contributed by atoms with Crippen molar-refractivity contribution in [1.82, 2.24) is 9.55 Å². The highest BCUT2D eigenvalue weighted by molar-refractivity contribution is 5.91. The molecule has 0 aromatic carbocycles. The summed E-state index contributed by atoms with van der Waals surface area (Å²) >= 11 is 0. The second-order valence-corrected chi connectivity index (χ2v) is 3.31. The highest BCUT2D eigenvalue weighted by Crippen LogP contribution is 2.05. The molecule has 0 atom stereocenters. The highest BCUT2D eigenvalue weighted by atomic mass is 16.1. The Morgan fingerprint density at radius 2 is 2.23 bits per heavy atom. The number of allylic oxidation sites excluding steroid dienone is 1. The molecule has 1 aromatic heterocycles. The number of aromatic nitrogens is 2. The number of carbonyl (C=O) groups is 1. The van der Waals surface area contributed by atoms with E-state index >= 15 is 0 Å². The summed E-state index contributed by atoms with van der Waals surface area (Å²) < 4.78 is 1.93. The monoisotopic (exact) mass is 178 g/mol. The van der Waals surface area contributed by atoms with E-state index in [1.165, 1.54) is 6.92 Å². The van der Waals surface area contributed by atoms with Crippen molar-refractivity contribution in [3.63, 3.8) is 0 Å². The minimum atomic E-state index is 0.00330. The fraction of sp³-hybridized carbons (Fsp3) is 0.400. The lowest BCUT2D eigenvalue weighted by Gasteiger charge is -2.02. The van der Waals surface area contributed by atoms with Crippen LogP contribution in [0.3, 0.4) is 0 Å². The quantitative estimate of drug-likeness (QED) is 0.524. The highest BCUT2D eigenvalue weighted by Gasteiger charge is 2.06. The third kappa shape index (κ3) is 2.28. The SMILES string of the molecule is C=C(C)Cn1cc(C(C)=O)nc1C. The van der Waals surface area contributed by atoms with Gasteiger partial charge in [-0.2, -0.15) is 0 Å². The van der Waals surface area contributed by atoms with Gasteiger partial charge in [0.2, 0.25) is 0 Å². The number of nitrogens with zero attached hydrogens (tertiary/aromatic N) is 2. The summed E-state index contributed by atoms with van der Waals surface area (Å²) in [5.74, 6) is 0.858. The zero-order chi connectivity index (χ0) is 10.0. The molecule has 0 radical (unpaired) electrons. The number of Topliss-reactive ketones (excluding diaryl/α,β-unsaturated/α-hetero) is 1. The number of aryl methyl sites for hydroxylation is 1. The van der Waals surface area contributed by atoms with Gasteiger partial charge in [0, 0.05) is 19.7 Å². The summed E-state index contributed by atoms with van der Waals surface area (Å²) in [6, 6.07) is 0. The van der Waals surface area contributed by atoms with E-state index in [9.17, 15) is 4.79 Å². The van der Waals surface area contributed by atoms with Gasteiger partial charge in [-0.3, -0.25) is 4.79 Å². The van der Waals surface area contributed by atoms with Crippen LogP contribution >= 0.6 is 0 Å². The van der Waals surface area contributed by atoms with Crippen LogP contribution in [-0.4, -0.2) is 15.3 Å². The minimum absolute atomic E-state index is 0.00330. The molecule has 0 N–H and O–H groups in total. The molecule has 0 aliphatic rings. The number of carbonyl (C=O) groups excluding carboxylic acids is 1. The van der Waals surface area contributed by atoms with Gasteiger partial charge in [0.1, 0.15) is 11.5 Å². The average molecular weight is 178 g/mol. The van der Waals surface area contributed by atoms with E-state index in [0.29, 0.717) is 5.69 Å². The van der Waals surface area contributed by atoms with Crippen molar-refractivity contribution in [3.05, 3.63) is 29.9 Å². The van der Waals surface area contributed by atoms with Crippen molar-refractivity contribution in [2.75, 3.05) is 0 Å².